The van der Waals surface area contributed by atoms with Crippen molar-refractivity contribution in [1.29, 1.82) is 0 Å². The molecule has 0 aromatic heterocycles. The van der Waals surface area contributed by atoms with Crippen LogP contribution < -0.4 is 10.1 Å². The van der Waals surface area contributed by atoms with Crippen LogP contribution >= 0.6 is 15.9 Å². The Hall–Kier alpha value is -0.610. The van der Waals surface area contributed by atoms with Gasteiger partial charge in [0.15, 0.2) is 0 Å². The Bertz CT molecular complexity index is 364. The minimum Gasteiger partial charge on any atom is -0.495 e. The van der Waals surface area contributed by atoms with Gasteiger partial charge < -0.3 is 10.1 Å². The third-order valence-electron chi connectivity index (χ3n) is 2.74. The van der Waals surface area contributed by atoms with Crippen LogP contribution in [0.15, 0.2) is 16.6 Å². The molecule has 82 valence electrons. The Morgan fingerprint density at radius 2 is 2.33 bits per heavy atom. The molecule has 1 unspecified atom stereocenters. The lowest BCUT2D eigenvalue weighted by molar-refractivity contribution is 0.402. The molecule has 1 fully saturated rings. The average molecular weight is 274 g/mol. The minimum atomic E-state index is -0.218. The SMILES string of the molecule is COc1c(Br)cc(F)cc1C1CCNC1. The Morgan fingerprint density at radius 3 is 2.93 bits per heavy atom. The fourth-order valence-electron chi connectivity index (χ4n) is 2.02. The van der Waals surface area contributed by atoms with Crippen LogP contribution in [0.4, 0.5) is 4.39 Å². The number of benzene rings is 1. The number of halogens is 2. The van der Waals surface area contributed by atoms with E-state index in [9.17, 15) is 4.39 Å². The predicted molar refractivity (Wildman–Crippen MR) is 60.9 cm³/mol. The number of hydrogen-bond donors (Lipinski definition) is 1. The molecule has 0 aliphatic carbocycles. The second kappa shape index (κ2) is 4.49. The standard InChI is InChI=1S/C11H13BrFNO/c1-15-11-9(7-2-3-14-6-7)4-8(13)5-10(11)12/h4-5,7,14H,2-3,6H2,1H3. The maximum Gasteiger partial charge on any atom is 0.136 e. The van der Waals surface area contributed by atoms with Gasteiger partial charge in [-0.2, -0.15) is 0 Å². The zero-order chi connectivity index (χ0) is 10.8. The van der Waals surface area contributed by atoms with Crippen molar-refractivity contribution in [3.05, 3.63) is 28.0 Å². The van der Waals surface area contributed by atoms with E-state index in [1.54, 1.807) is 13.2 Å². The summed E-state index contributed by atoms with van der Waals surface area (Å²) in [7, 11) is 1.61. The zero-order valence-electron chi connectivity index (χ0n) is 8.52. The van der Waals surface area contributed by atoms with Gasteiger partial charge in [0.1, 0.15) is 11.6 Å². The first-order valence-electron chi connectivity index (χ1n) is 4.96. The molecule has 0 spiro atoms. The van der Waals surface area contributed by atoms with Crippen LogP contribution in [0, 0.1) is 5.82 Å². The normalized spacial score (nSPS) is 20.6. The van der Waals surface area contributed by atoms with Gasteiger partial charge in [-0.15, -0.1) is 0 Å². The van der Waals surface area contributed by atoms with Crippen molar-refractivity contribution >= 4 is 15.9 Å². The maximum absolute atomic E-state index is 13.3. The van der Waals surface area contributed by atoms with Gasteiger partial charge in [-0.3, -0.25) is 0 Å². The van der Waals surface area contributed by atoms with E-state index in [1.807, 2.05) is 0 Å². The largest absolute Gasteiger partial charge is 0.495 e. The van der Waals surface area contributed by atoms with Gasteiger partial charge in [0.05, 0.1) is 11.6 Å². The Morgan fingerprint density at radius 1 is 1.53 bits per heavy atom. The van der Waals surface area contributed by atoms with Crippen molar-refractivity contribution < 1.29 is 9.13 Å². The van der Waals surface area contributed by atoms with Gasteiger partial charge in [-0.05, 0) is 41.0 Å². The molecule has 4 heteroatoms. The predicted octanol–water partition coefficient (Wildman–Crippen LogP) is 2.67. The fraction of sp³-hybridized carbons (Fsp3) is 0.455. The molecule has 1 N–H and O–H groups in total. The summed E-state index contributed by atoms with van der Waals surface area (Å²) in [5, 5.41) is 3.27. The third-order valence-corrected chi connectivity index (χ3v) is 3.33. The first-order valence-corrected chi connectivity index (χ1v) is 5.75. The van der Waals surface area contributed by atoms with E-state index in [0.717, 1.165) is 30.8 Å². The van der Waals surface area contributed by atoms with Crippen molar-refractivity contribution in [3.8, 4) is 5.75 Å². The lowest BCUT2D eigenvalue weighted by Gasteiger charge is -2.15. The van der Waals surface area contributed by atoms with Crippen LogP contribution in [-0.4, -0.2) is 20.2 Å². The van der Waals surface area contributed by atoms with E-state index in [1.165, 1.54) is 6.07 Å². The Kier molecular flexibility index (Phi) is 3.26. The Balaban J connectivity index is 2.42. The van der Waals surface area contributed by atoms with E-state index in [4.69, 9.17) is 4.74 Å². The van der Waals surface area contributed by atoms with Crippen molar-refractivity contribution in [2.24, 2.45) is 0 Å². The molecule has 2 nitrogen and oxygen atoms in total. The molecular formula is C11H13BrFNO. The molecule has 1 aliphatic heterocycles. The second-order valence-electron chi connectivity index (χ2n) is 3.70. The molecule has 1 aromatic rings. The van der Waals surface area contributed by atoms with Gasteiger partial charge in [0, 0.05) is 18.0 Å². The summed E-state index contributed by atoms with van der Waals surface area (Å²) in [6, 6.07) is 3.01. The molecule has 0 saturated carbocycles. The van der Waals surface area contributed by atoms with Gasteiger partial charge in [-0.25, -0.2) is 4.39 Å². The summed E-state index contributed by atoms with van der Waals surface area (Å²) in [5.74, 6) is 0.890. The molecule has 0 radical (unpaired) electrons. The fourth-order valence-corrected chi connectivity index (χ4v) is 2.63. The molecule has 1 atom stereocenters. The highest BCUT2D eigenvalue weighted by atomic mass is 79.9. The highest BCUT2D eigenvalue weighted by Crippen LogP contribution is 2.36. The van der Waals surface area contributed by atoms with Crippen LogP contribution in [0.1, 0.15) is 17.9 Å². The summed E-state index contributed by atoms with van der Waals surface area (Å²) < 4.78 is 19.3. The second-order valence-corrected chi connectivity index (χ2v) is 4.55. The van der Waals surface area contributed by atoms with Gasteiger partial charge in [0.2, 0.25) is 0 Å². The van der Waals surface area contributed by atoms with Crippen molar-refractivity contribution in [2.45, 2.75) is 12.3 Å². The number of ether oxygens (including phenoxy) is 1. The van der Waals surface area contributed by atoms with Crippen LogP contribution in [0.3, 0.4) is 0 Å². The first-order chi connectivity index (χ1) is 7.22. The molecule has 0 bridgehead atoms. The van der Waals surface area contributed by atoms with E-state index in [2.05, 4.69) is 21.2 Å². The van der Waals surface area contributed by atoms with Crippen LogP contribution in [0.5, 0.6) is 5.75 Å². The monoisotopic (exact) mass is 273 g/mol. The smallest absolute Gasteiger partial charge is 0.136 e. The summed E-state index contributed by atoms with van der Waals surface area (Å²) in [5.41, 5.74) is 0.953. The van der Waals surface area contributed by atoms with Crippen LogP contribution in [-0.2, 0) is 0 Å². The molecule has 15 heavy (non-hydrogen) atoms. The molecular weight excluding hydrogens is 261 g/mol. The van der Waals surface area contributed by atoms with Crippen molar-refractivity contribution in [1.82, 2.24) is 5.32 Å². The number of nitrogens with one attached hydrogen (secondary N) is 1. The minimum absolute atomic E-state index is 0.218. The van der Waals surface area contributed by atoms with E-state index in [-0.39, 0.29) is 5.82 Å². The third kappa shape index (κ3) is 2.16. The highest BCUT2D eigenvalue weighted by Gasteiger charge is 2.22. The number of methoxy groups -OCH3 is 1. The summed E-state index contributed by atoms with van der Waals surface area (Å²) in [6.07, 6.45) is 1.03. The summed E-state index contributed by atoms with van der Waals surface area (Å²) in [6.45, 7) is 1.88. The van der Waals surface area contributed by atoms with Crippen molar-refractivity contribution in [3.63, 3.8) is 0 Å². The molecule has 1 heterocycles. The maximum atomic E-state index is 13.3. The quantitative estimate of drug-likeness (QED) is 0.895. The van der Waals surface area contributed by atoms with Gasteiger partial charge >= 0.3 is 0 Å². The first kappa shape index (κ1) is 10.9. The van der Waals surface area contributed by atoms with E-state index in [0.29, 0.717) is 10.4 Å². The summed E-state index contributed by atoms with van der Waals surface area (Å²) in [4.78, 5) is 0. The molecule has 1 saturated heterocycles. The van der Waals surface area contributed by atoms with Gasteiger partial charge in [-0.1, -0.05) is 0 Å². The molecule has 1 aliphatic rings. The topological polar surface area (TPSA) is 21.3 Å². The lowest BCUT2D eigenvalue weighted by atomic mass is 9.97. The van der Waals surface area contributed by atoms with Crippen LogP contribution in [0.25, 0.3) is 0 Å². The summed E-state index contributed by atoms with van der Waals surface area (Å²) >= 11 is 3.32. The zero-order valence-corrected chi connectivity index (χ0v) is 10.1. The molecule has 1 aromatic carbocycles. The molecule has 2 rings (SSSR count). The molecule has 0 amide bonds. The van der Waals surface area contributed by atoms with E-state index < -0.39 is 0 Å². The number of hydrogen-bond acceptors (Lipinski definition) is 2. The Labute approximate surface area is 96.9 Å². The van der Waals surface area contributed by atoms with E-state index >= 15 is 0 Å². The number of rotatable bonds is 2. The lowest BCUT2D eigenvalue weighted by Crippen LogP contribution is -2.09. The van der Waals surface area contributed by atoms with Crippen LogP contribution in [0.2, 0.25) is 0 Å². The highest BCUT2D eigenvalue weighted by molar-refractivity contribution is 9.10. The van der Waals surface area contributed by atoms with Crippen molar-refractivity contribution in [2.75, 3.05) is 20.2 Å². The van der Waals surface area contributed by atoms with Gasteiger partial charge in [0.25, 0.3) is 0 Å². The average Bonchev–Trinajstić information content (AvgIpc) is 2.69.